The Labute approximate surface area is 193 Å². The fourth-order valence-corrected chi connectivity index (χ4v) is 3.71. The second-order valence-corrected chi connectivity index (χ2v) is 8.97. The molecule has 1 aliphatic rings. The molecule has 10 heteroatoms. The maximum absolute atomic E-state index is 12.8. The van der Waals surface area contributed by atoms with Crippen molar-refractivity contribution in [1.82, 2.24) is 14.8 Å². The highest BCUT2D eigenvalue weighted by molar-refractivity contribution is 7.07. The van der Waals surface area contributed by atoms with E-state index in [1.807, 2.05) is 0 Å². The minimum absolute atomic E-state index is 0.0723. The van der Waals surface area contributed by atoms with E-state index in [2.05, 4.69) is 18.8 Å². The van der Waals surface area contributed by atoms with Crippen molar-refractivity contribution >= 4 is 23.2 Å². The highest BCUT2D eigenvalue weighted by Crippen LogP contribution is 2.12. The highest BCUT2D eigenvalue weighted by atomic mass is 32.1. The molecule has 0 fully saturated rings. The zero-order valence-electron chi connectivity index (χ0n) is 19.1. The molecule has 180 valence electrons. The van der Waals surface area contributed by atoms with Crippen molar-refractivity contribution in [1.29, 1.82) is 0 Å². The molecular formula is C22H35N3O6S. The van der Waals surface area contributed by atoms with Crippen LogP contribution in [0.1, 0.15) is 37.7 Å². The van der Waals surface area contributed by atoms with Crippen molar-refractivity contribution in [3.05, 3.63) is 28.7 Å². The number of nitrogens with zero attached hydrogens (tertiary/aromatic N) is 3. The molecule has 0 saturated heterocycles. The van der Waals surface area contributed by atoms with Gasteiger partial charge in [-0.3, -0.25) is 9.59 Å². The summed E-state index contributed by atoms with van der Waals surface area (Å²) in [5, 5.41) is 22.8. The number of aliphatic hydroxyl groups excluding tert-OH is 2. The number of aromatic nitrogens is 1. The van der Waals surface area contributed by atoms with Gasteiger partial charge >= 0.3 is 0 Å². The summed E-state index contributed by atoms with van der Waals surface area (Å²) < 4.78 is 11.3. The largest absolute Gasteiger partial charge is 0.388 e. The first-order valence-corrected chi connectivity index (χ1v) is 11.9. The summed E-state index contributed by atoms with van der Waals surface area (Å²) in [7, 11) is 0. The van der Waals surface area contributed by atoms with Crippen LogP contribution >= 0.6 is 11.3 Å². The predicted octanol–water partition coefficient (Wildman–Crippen LogP) is 1.17. The van der Waals surface area contributed by atoms with Gasteiger partial charge in [0.25, 0.3) is 5.91 Å². The lowest BCUT2D eigenvalue weighted by Gasteiger charge is -2.33. The van der Waals surface area contributed by atoms with E-state index in [9.17, 15) is 19.8 Å². The van der Waals surface area contributed by atoms with E-state index in [1.54, 1.807) is 27.9 Å². The molecule has 0 spiro atoms. The molecule has 32 heavy (non-hydrogen) atoms. The van der Waals surface area contributed by atoms with Gasteiger partial charge in [-0.15, -0.1) is 11.3 Å². The van der Waals surface area contributed by atoms with Crippen molar-refractivity contribution in [3.63, 3.8) is 0 Å². The van der Waals surface area contributed by atoms with E-state index in [4.69, 9.17) is 9.47 Å². The van der Waals surface area contributed by atoms with Gasteiger partial charge in [-0.2, -0.15) is 0 Å². The van der Waals surface area contributed by atoms with Crippen LogP contribution in [0, 0.1) is 5.92 Å². The average Bonchev–Trinajstić information content (AvgIpc) is 3.28. The van der Waals surface area contributed by atoms with Crippen molar-refractivity contribution in [2.75, 3.05) is 46.0 Å². The van der Waals surface area contributed by atoms with Gasteiger partial charge in [0.05, 0.1) is 18.7 Å². The Hall–Kier alpha value is -1.85. The molecule has 0 bridgehead atoms. The summed E-state index contributed by atoms with van der Waals surface area (Å²) in [6.07, 6.45) is 1.20. The fourth-order valence-electron chi connectivity index (χ4n) is 3.18. The number of thiazole rings is 1. The maximum atomic E-state index is 12.8. The van der Waals surface area contributed by atoms with Gasteiger partial charge in [0, 0.05) is 45.1 Å². The number of rotatable bonds is 5. The van der Waals surface area contributed by atoms with E-state index < -0.39 is 18.3 Å². The summed E-state index contributed by atoms with van der Waals surface area (Å²) in [6, 6.07) is 0. The third kappa shape index (κ3) is 8.59. The minimum Gasteiger partial charge on any atom is -0.388 e. The first kappa shape index (κ1) is 26.4. The van der Waals surface area contributed by atoms with E-state index >= 15 is 0 Å². The Morgan fingerprint density at radius 2 is 2.03 bits per heavy atom. The first-order valence-electron chi connectivity index (χ1n) is 10.9. The van der Waals surface area contributed by atoms with Crippen LogP contribution < -0.4 is 0 Å². The van der Waals surface area contributed by atoms with Crippen LogP contribution in [0.25, 0.3) is 0 Å². The van der Waals surface area contributed by atoms with E-state index in [0.717, 1.165) is 6.42 Å². The summed E-state index contributed by atoms with van der Waals surface area (Å²) in [4.78, 5) is 32.4. The molecule has 0 saturated carbocycles. The number of ether oxygens (including phenoxy) is 2. The number of aliphatic hydroxyl groups is 2. The molecule has 1 aromatic heterocycles. The lowest BCUT2D eigenvalue weighted by Crippen LogP contribution is -2.50. The molecule has 1 aromatic rings. The summed E-state index contributed by atoms with van der Waals surface area (Å²) >= 11 is 1.35. The molecule has 2 rings (SSSR count). The molecule has 1 aliphatic heterocycles. The molecule has 2 N–H and O–H groups in total. The van der Waals surface area contributed by atoms with Gasteiger partial charge in [0.2, 0.25) is 5.91 Å². The fraction of sp³-hybridized carbons (Fsp3) is 0.682. The molecular weight excluding hydrogens is 434 g/mol. The SMILES string of the molecule is CC(=O)N1CCN(C(=O)c2cscn2)C/C=C/COC[C@@H](O)[C@@H](O)[C@H](OCCC(C)C)C1. The first-order chi connectivity index (χ1) is 15.3. The standard InChI is InChI=1S/C22H35N3O6S/c1-16(2)6-11-31-20-12-25(17(3)26)9-8-24(22(29)18-14-32-15-23-18)7-4-5-10-30-13-19(27)21(20)28/h4-5,14-16,19-21,27-28H,6-13H2,1-3H3/b5-4+/t19-,20-,21-/m1/s1. The smallest absolute Gasteiger partial charge is 0.273 e. The molecule has 2 heterocycles. The lowest BCUT2D eigenvalue weighted by atomic mass is 10.1. The third-order valence-electron chi connectivity index (χ3n) is 5.22. The number of amides is 2. The molecule has 3 atom stereocenters. The highest BCUT2D eigenvalue weighted by Gasteiger charge is 2.30. The van der Waals surface area contributed by atoms with Crippen LogP contribution in [0.3, 0.4) is 0 Å². The van der Waals surface area contributed by atoms with Crippen LogP contribution in [-0.4, -0.2) is 101 Å². The molecule has 0 aliphatic carbocycles. The lowest BCUT2D eigenvalue weighted by molar-refractivity contribution is -0.139. The van der Waals surface area contributed by atoms with E-state index in [0.29, 0.717) is 31.3 Å². The van der Waals surface area contributed by atoms with Gasteiger partial charge in [0.15, 0.2) is 0 Å². The maximum Gasteiger partial charge on any atom is 0.273 e. The van der Waals surface area contributed by atoms with Crippen molar-refractivity contribution < 1.29 is 29.3 Å². The van der Waals surface area contributed by atoms with Crippen LogP contribution in [0.15, 0.2) is 23.0 Å². The second-order valence-electron chi connectivity index (χ2n) is 8.25. The van der Waals surface area contributed by atoms with Crippen molar-refractivity contribution in [3.8, 4) is 0 Å². The Kier molecular flexibility index (Phi) is 11.3. The second kappa shape index (κ2) is 13.6. The summed E-state index contributed by atoms with van der Waals surface area (Å²) in [5.41, 5.74) is 1.97. The predicted molar refractivity (Wildman–Crippen MR) is 121 cm³/mol. The van der Waals surface area contributed by atoms with Gasteiger partial charge in [-0.25, -0.2) is 4.98 Å². The summed E-state index contributed by atoms with van der Waals surface area (Å²) in [6.45, 7) is 7.13. The zero-order valence-corrected chi connectivity index (χ0v) is 19.9. The van der Waals surface area contributed by atoms with Gasteiger partial charge in [-0.1, -0.05) is 26.0 Å². The van der Waals surface area contributed by atoms with Crippen molar-refractivity contribution in [2.24, 2.45) is 5.92 Å². The normalized spacial score (nSPS) is 24.9. The molecule has 0 unspecified atom stereocenters. The number of hydrogen-bond donors (Lipinski definition) is 2. The number of hydrogen-bond acceptors (Lipinski definition) is 8. The third-order valence-corrected chi connectivity index (χ3v) is 5.81. The van der Waals surface area contributed by atoms with E-state index in [1.165, 1.54) is 23.2 Å². The van der Waals surface area contributed by atoms with Gasteiger partial charge in [-0.05, 0) is 12.3 Å². The Morgan fingerprint density at radius 1 is 1.28 bits per heavy atom. The van der Waals surface area contributed by atoms with Gasteiger partial charge < -0.3 is 29.5 Å². The molecule has 0 aromatic carbocycles. The molecule has 9 nitrogen and oxygen atoms in total. The number of carbonyl (C=O) groups excluding carboxylic acids is 2. The van der Waals surface area contributed by atoms with Crippen LogP contribution in [0.2, 0.25) is 0 Å². The van der Waals surface area contributed by atoms with Crippen LogP contribution in [-0.2, 0) is 14.3 Å². The van der Waals surface area contributed by atoms with Crippen LogP contribution in [0.4, 0.5) is 0 Å². The van der Waals surface area contributed by atoms with Crippen molar-refractivity contribution in [2.45, 2.75) is 45.5 Å². The Balaban J connectivity index is 2.19. The van der Waals surface area contributed by atoms with Crippen LogP contribution in [0.5, 0.6) is 0 Å². The quantitative estimate of drug-likeness (QED) is 0.623. The number of carbonyl (C=O) groups is 2. The summed E-state index contributed by atoms with van der Waals surface area (Å²) in [5.74, 6) is -0.00316. The monoisotopic (exact) mass is 469 g/mol. The minimum atomic E-state index is -1.22. The zero-order chi connectivity index (χ0) is 23.5. The topological polar surface area (TPSA) is 112 Å². The van der Waals surface area contributed by atoms with E-state index in [-0.39, 0.29) is 38.1 Å². The Bertz CT molecular complexity index is 727. The molecule has 0 radical (unpaired) electrons. The van der Waals surface area contributed by atoms with Gasteiger partial charge in [0.1, 0.15) is 24.0 Å². The molecule has 2 amide bonds. The Morgan fingerprint density at radius 3 is 2.69 bits per heavy atom. The average molecular weight is 470 g/mol.